The van der Waals surface area contributed by atoms with Crippen LogP contribution in [0, 0.1) is 5.92 Å². The van der Waals surface area contributed by atoms with Crippen LogP contribution >= 0.6 is 0 Å². The number of benzene rings is 1. The summed E-state index contributed by atoms with van der Waals surface area (Å²) in [6.45, 7) is 2.54. The van der Waals surface area contributed by atoms with Crippen molar-refractivity contribution in [2.24, 2.45) is 5.92 Å². The molecule has 1 aromatic carbocycles. The van der Waals surface area contributed by atoms with Crippen molar-refractivity contribution in [3.63, 3.8) is 0 Å². The monoisotopic (exact) mass is 394 g/mol. The molecule has 1 saturated carbocycles. The third-order valence-corrected chi connectivity index (χ3v) is 7.42. The van der Waals surface area contributed by atoms with E-state index in [2.05, 4.69) is 12.2 Å². The maximum absolute atomic E-state index is 12.9. The highest BCUT2D eigenvalue weighted by atomic mass is 32.2. The molecule has 1 aromatic rings. The van der Waals surface area contributed by atoms with Gasteiger partial charge in [-0.25, -0.2) is 13.2 Å². The van der Waals surface area contributed by atoms with Crippen LogP contribution in [0.2, 0.25) is 0 Å². The van der Waals surface area contributed by atoms with Crippen molar-refractivity contribution in [1.29, 1.82) is 0 Å². The number of methoxy groups -OCH3 is 1. The van der Waals surface area contributed by atoms with Gasteiger partial charge in [-0.1, -0.05) is 13.0 Å². The van der Waals surface area contributed by atoms with E-state index in [4.69, 9.17) is 4.74 Å². The first-order valence-corrected chi connectivity index (χ1v) is 10.9. The summed E-state index contributed by atoms with van der Waals surface area (Å²) in [4.78, 5) is 25.3. The molecule has 1 amide bonds. The summed E-state index contributed by atoms with van der Waals surface area (Å²) in [5.41, 5.74) is -0.213. The summed E-state index contributed by atoms with van der Waals surface area (Å²) in [7, 11) is -1.99. The van der Waals surface area contributed by atoms with Crippen LogP contribution in [-0.4, -0.2) is 45.2 Å². The molecular weight excluding hydrogens is 368 g/mol. The van der Waals surface area contributed by atoms with Gasteiger partial charge in [-0.3, -0.25) is 9.10 Å². The molecule has 2 aliphatic rings. The van der Waals surface area contributed by atoms with Gasteiger partial charge < -0.3 is 10.1 Å². The van der Waals surface area contributed by atoms with E-state index in [9.17, 15) is 18.0 Å². The zero-order chi connectivity index (χ0) is 19.7. The molecule has 1 N–H and O–H groups in total. The van der Waals surface area contributed by atoms with E-state index in [1.54, 1.807) is 24.3 Å². The Morgan fingerprint density at radius 2 is 1.96 bits per heavy atom. The van der Waals surface area contributed by atoms with Crippen molar-refractivity contribution in [1.82, 2.24) is 5.32 Å². The number of anilines is 1. The Balaban J connectivity index is 1.83. The van der Waals surface area contributed by atoms with Gasteiger partial charge in [0.15, 0.2) is 0 Å². The molecule has 1 aliphatic heterocycles. The smallest absolute Gasteiger partial charge is 0.331 e. The predicted octanol–water partition coefficient (Wildman–Crippen LogP) is 2.08. The zero-order valence-corrected chi connectivity index (χ0v) is 16.5. The number of amides is 1. The average molecular weight is 394 g/mol. The molecule has 0 spiro atoms. The first-order valence-electron chi connectivity index (χ1n) is 9.29. The summed E-state index contributed by atoms with van der Waals surface area (Å²) in [6, 6.07) is 6.52. The van der Waals surface area contributed by atoms with Crippen LogP contribution in [0.15, 0.2) is 24.3 Å². The minimum atomic E-state index is -3.32. The third kappa shape index (κ3) is 3.95. The normalized spacial score (nSPS) is 27.2. The minimum Gasteiger partial charge on any atom is -0.467 e. The lowest BCUT2D eigenvalue weighted by Gasteiger charge is -2.37. The average Bonchev–Trinajstić information content (AvgIpc) is 3.02. The largest absolute Gasteiger partial charge is 0.467 e. The highest BCUT2D eigenvalue weighted by Gasteiger charge is 2.43. The Hall–Kier alpha value is -2.09. The number of hydrogen-bond acceptors (Lipinski definition) is 5. The zero-order valence-electron chi connectivity index (χ0n) is 15.7. The number of sulfonamides is 1. The molecular formula is C19H26N2O5S. The molecule has 1 saturated heterocycles. The van der Waals surface area contributed by atoms with Crippen molar-refractivity contribution in [3.8, 4) is 0 Å². The van der Waals surface area contributed by atoms with E-state index < -0.39 is 27.4 Å². The minimum absolute atomic E-state index is 0.118. The quantitative estimate of drug-likeness (QED) is 0.790. The molecule has 0 atom stereocenters. The van der Waals surface area contributed by atoms with E-state index in [-0.39, 0.29) is 5.75 Å². The standard InChI is InChI=1S/C19H26N2O5S/c1-14-7-9-19(10-8-14,18(23)26-2)20-17(22)15-5-3-6-16(13-15)21-11-4-12-27(21,24)25/h3,5-6,13-14H,4,7-12H2,1-2H3,(H,20,22). The van der Waals surface area contributed by atoms with E-state index in [1.807, 2.05) is 0 Å². The molecule has 2 fully saturated rings. The predicted molar refractivity (Wildman–Crippen MR) is 102 cm³/mol. The molecule has 1 aliphatic carbocycles. The van der Waals surface area contributed by atoms with Crippen molar-refractivity contribution in [2.45, 2.75) is 44.6 Å². The van der Waals surface area contributed by atoms with E-state index >= 15 is 0 Å². The van der Waals surface area contributed by atoms with Crippen molar-refractivity contribution >= 4 is 27.6 Å². The van der Waals surface area contributed by atoms with Gasteiger partial charge in [0, 0.05) is 12.1 Å². The van der Waals surface area contributed by atoms with E-state index in [0.29, 0.717) is 43.0 Å². The number of carbonyl (C=O) groups is 2. The second-order valence-electron chi connectivity index (χ2n) is 7.50. The van der Waals surface area contributed by atoms with E-state index in [0.717, 1.165) is 12.8 Å². The lowest BCUT2D eigenvalue weighted by atomic mass is 9.77. The molecule has 0 radical (unpaired) electrons. The van der Waals surface area contributed by atoms with E-state index in [1.165, 1.54) is 11.4 Å². The number of rotatable bonds is 4. The van der Waals surface area contributed by atoms with Crippen LogP contribution < -0.4 is 9.62 Å². The highest BCUT2D eigenvalue weighted by molar-refractivity contribution is 7.93. The molecule has 0 unspecified atom stereocenters. The molecule has 0 bridgehead atoms. The van der Waals surface area contributed by atoms with Crippen LogP contribution in [0.4, 0.5) is 5.69 Å². The molecule has 3 rings (SSSR count). The summed E-state index contributed by atoms with van der Waals surface area (Å²) in [6.07, 6.45) is 3.31. The Bertz CT molecular complexity index is 828. The van der Waals surface area contributed by atoms with Crippen molar-refractivity contribution in [3.05, 3.63) is 29.8 Å². The van der Waals surface area contributed by atoms with Crippen LogP contribution in [0.1, 0.15) is 49.4 Å². The van der Waals surface area contributed by atoms with Gasteiger partial charge in [0.1, 0.15) is 5.54 Å². The maximum Gasteiger partial charge on any atom is 0.331 e. The fraction of sp³-hybridized carbons (Fsp3) is 0.579. The number of carbonyl (C=O) groups excluding carboxylic acids is 2. The molecule has 27 heavy (non-hydrogen) atoms. The van der Waals surface area contributed by atoms with Crippen LogP contribution in [0.25, 0.3) is 0 Å². The highest BCUT2D eigenvalue weighted by Crippen LogP contribution is 2.33. The van der Waals surface area contributed by atoms with Crippen LogP contribution in [0.5, 0.6) is 0 Å². The Morgan fingerprint density at radius 1 is 1.26 bits per heavy atom. The lowest BCUT2D eigenvalue weighted by Crippen LogP contribution is -2.56. The fourth-order valence-electron chi connectivity index (χ4n) is 3.85. The van der Waals surface area contributed by atoms with Gasteiger partial charge in [0.2, 0.25) is 10.0 Å². The first-order chi connectivity index (χ1) is 12.8. The Kier molecular flexibility index (Phi) is 5.46. The summed E-state index contributed by atoms with van der Waals surface area (Å²) < 4.78 is 30.6. The number of hydrogen-bond donors (Lipinski definition) is 1. The van der Waals surface area contributed by atoms with Crippen molar-refractivity contribution in [2.75, 3.05) is 23.7 Å². The fourth-order valence-corrected chi connectivity index (χ4v) is 5.41. The summed E-state index contributed by atoms with van der Waals surface area (Å²) in [5, 5.41) is 2.88. The summed E-state index contributed by atoms with van der Waals surface area (Å²) >= 11 is 0. The molecule has 7 nitrogen and oxygen atoms in total. The summed E-state index contributed by atoms with van der Waals surface area (Å²) in [5.74, 6) is -0.203. The molecule has 1 heterocycles. The lowest BCUT2D eigenvalue weighted by molar-refractivity contribution is -0.150. The molecule has 148 valence electrons. The second-order valence-corrected chi connectivity index (χ2v) is 9.52. The Labute approximate surface area is 160 Å². The van der Waals surface area contributed by atoms with Gasteiger partial charge in [-0.15, -0.1) is 0 Å². The SMILES string of the molecule is COC(=O)C1(NC(=O)c2cccc(N3CCCS3(=O)=O)c2)CCC(C)CC1. The van der Waals surface area contributed by atoms with Crippen molar-refractivity contribution < 1.29 is 22.7 Å². The van der Waals surface area contributed by atoms with Gasteiger partial charge in [0.25, 0.3) is 5.91 Å². The number of nitrogens with one attached hydrogen (secondary N) is 1. The van der Waals surface area contributed by atoms with Crippen LogP contribution in [0.3, 0.4) is 0 Å². The number of ether oxygens (including phenoxy) is 1. The maximum atomic E-state index is 12.9. The van der Waals surface area contributed by atoms with Crippen LogP contribution in [-0.2, 0) is 19.6 Å². The van der Waals surface area contributed by atoms with Gasteiger partial charge in [-0.05, 0) is 56.2 Å². The van der Waals surface area contributed by atoms with Gasteiger partial charge >= 0.3 is 5.97 Å². The number of nitrogens with zero attached hydrogens (tertiary/aromatic N) is 1. The second kappa shape index (κ2) is 7.50. The van der Waals surface area contributed by atoms with Gasteiger partial charge in [0.05, 0.1) is 18.6 Å². The number of esters is 1. The molecule has 0 aromatic heterocycles. The third-order valence-electron chi connectivity index (χ3n) is 5.55. The topological polar surface area (TPSA) is 92.8 Å². The Morgan fingerprint density at radius 3 is 2.56 bits per heavy atom. The molecule has 8 heteroatoms. The van der Waals surface area contributed by atoms with Gasteiger partial charge in [-0.2, -0.15) is 0 Å². The first kappa shape index (κ1) is 19.7.